The second kappa shape index (κ2) is 6.54. The van der Waals surface area contributed by atoms with Gasteiger partial charge in [0.1, 0.15) is 5.75 Å². The highest BCUT2D eigenvalue weighted by atomic mass is 16.5. The molecule has 0 fully saturated rings. The number of hydrogen-bond acceptors (Lipinski definition) is 2. The predicted octanol–water partition coefficient (Wildman–Crippen LogP) is 3.22. The first-order valence-corrected chi connectivity index (χ1v) is 5.98. The molecule has 0 saturated carbocycles. The van der Waals surface area contributed by atoms with Crippen molar-refractivity contribution in [3.8, 4) is 5.75 Å². The van der Waals surface area contributed by atoms with Crippen LogP contribution in [0.3, 0.4) is 0 Å². The van der Waals surface area contributed by atoms with Crippen LogP contribution in [0.15, 0.2) is 24.3 Å². The molecule has 0 amide bonds. The van der Waals surface area contributed by atoms with Gasteiger partial charge in [0.25, 0.3) is 0 Å². The minimum Gasteiger partial charge on any atom is -0.497 e. The third-order valence-electron chi connectivity index (χ3n) is 2.64. The first-order chi connectivity index (χ1) is 7.61. The molecule has 0 aromatic heterocycles. The van der Waals surface area contributed by atoms with Crippen molar-refractivity contribution in [2.75, 3.05) is 7.11 Å². The van der Waals surface area contributed by atoms with E-state index in [9.17, 15) is 0 Å². The molecular weight excluding hydrogens is 198 g/mol. The summed E-state index contributed by atoms with van der Waals surface area (Å²) in [6.07, 6.45) is 1.22. The number of benzene rings is 1. The third kappa shape index (κ3) is 4.67. The van der Waals surface area contributed by atoms with E-state index in [0.29, 0.717) is 6.04 Å². The number of hydrogen-bond donors (Lipinski definition) is 1. The molecule has 1 N–H and O–H groups in total. The lowest BCUT2D eigenvalue weighted by atomic mass is 10.1. The molecule has 0 aliphatic heterocycles. The summed E-state index contributed by atoms with van der Waals surface area (Å²) >= 11 is 0. The summed E-state index contributed by atoms with van der Waals surface area (Å²) in [6.45, 7) is 7.68. The summed E-state index contributed by atoms with van der Waals surface area (Å²) in [6, 6.07) is 8.79. The third-order valence-corrected chi connectivity index (χ3v) is 2.64. The van der Waals surface area contributed by atoms with E-state index in [1.165, 1.54) is 12.0 Å². The van der Waals surface area contributed by atoms with Gasteiger partial charge >= 0.3 is 0 Å². The molecular formula is C14H23NO. The van der Waals surface area contributed by atoms with Gasteiger partial charge in [-0.05, 0) is 37.0 Å². The highest BCUT2D eigenvalue weighted by molar-refractivity contribution is 5.26. The van der Waals surface area contributed by atoms with E-state index in [1.54, 1.807) is 7.11 Å². The van der Waals surface area contributed by atoms with Gasteiger partial charge in [-0.15, -0.1) is 0 Å². The minimum absolute atomic E-state index is 0.571. The van der Waals surface area contributed by atoms with Crippen molar-refractivity contribution in [1.29, 1.82) is 0 Å². The quantitative estimate of drug-likeness (QED) is 0.796. The second-order valence-electron chi connectivity index (χ2n) is 4.76. The summed E-state index contributed by atoms with van der Waals surface area (Å²) < 4.78 is 5.13. The fourth-order valence-corrected chi connectivity index (χ4v) is 1.83. The zero-order valence-corrected chi connectivity index (χ0v) is 10.8. The maximum atomic E-state index is 5.13. The number of ether oxygens (including phenoxy) is 1. The first-order valence-electron chi connectivity index (χ1n) is 5.98. The molecule has 0 bridgehead atoms. The normalized spacial score (nSPS) is 12.8. The average Bonchev–Trinajstić information content (AvgIpc) is 2.26. The number of methoxy groups -OCH3 is 1. The van der Waals surface area contributed by atoms with Gasteiger partial charge in [0, 0.05) is 12.6 Å². The molecule has 1 unspecified atom stereocenters. The van der Waals surface area contributed by atoms with Gasteiger partial charge in [0.05, 0.1) is 7.11 Å². The molecule has 0 aliphatic carbocycles. The van der Waals surface area contributed by atoms with Gasteiger partial charge in [-0.3, -0.25) is 0 Å². The van der Waals surface area contributed by atoms with E-state index < -0.39 is 0 Å². The van der Waals surface area contributed by atoms with Crippen molar-refractivity contribution < 1.29 is 4.74 Å². The summed E-state index contributed by atoms with van der Waals surface area (Å²) in [5.74, 6) is 1.66. The first kappa shape index (κ1) is 13.0. The smallest absolute Gasteiger partial charge is 0.118 e. The standard InChI is InChI=1S/C14H23NO/c1-11(2)9-12(3)15-10-13-5-7-14(16-4)8-6-13/h5-8,11-12,15H,9-10H2,1-4H3. The fourth-order valence-electron chi connectivity index (χ4n) is 1.83. The van der Waals surface area contributed by atoms with Gasteiger partial charge in [0.2, 0.25) is 0 Å². The fraction of sp³-hybridized carbons (Fsp3) is 0.571. The highest BCUT2D eigenvalue weighted by Crippen LogP contribution is 2.11. The van der Waals surface area contributed by atoms with Gasteiger partial charge in [-0.1, -0.05) is 26.0 Å². The summed E-state index contributed by atoms with van der Waals surface area (Å²) in [7, 11) is 1.69. The van der Waals surface area contributed by atoms with E-state index in [2.05, 4.69) is 38.2 Å². The van der Waals surface area contributed by atoms with Crippen molar-refractivity contribution in [2.45, 2.75) is 39.8 Å². The van der Waals surface area contributed by atoms with Crippen LogP contribution in [0.4, 0.5) is 0 Å². The van der Waals surface area contributed by atoms with Gasteiger partial charge in [0.15, 0.2) is 0 Å². The Bertz CT molecular complexity index is 292. The van der Waals surface area contributed by atoms with Crippen molar-refractivity contribution in [3.63, 3.8) is 0 Å². The van der Waals surface area contributed by atoms with Crippen LogP contribution in [0.5, 0.6) is 5.75 Å². The van der Waals surface area contributed by atoms with Crippen molar-refractivity contribution in [2.24, 2.45) is 5.92 Å². The van der Waals surface area contributed by atoms with E-state index in [1.807, 2.05) is 12.1 Å². The molecule has 2 heteroatoms. The molecule has 0 heterocycles. The molecule has 1 aromatic carbocycles. The number of nitrogens with one attached hydrogen (secondary N) is 1. The second-order valence-corrected chi connectivity index (χ2v) is 4.76. The van der Waals surface area contributed by atoms with Gasteiger partial charge in [-0.2, -0.15) is 0 Å². The van der Waals surface area contributed by atoms with Crippen molar-refractivity contribution >= 4 is 0 Å². The van der Waals surface area contributed by atoms with Crippen LogP contribution in [0.25, 0.3) is 0 Å². The van der Waals surface area contributed by atoms with Crippen LogP contribution in [0, 0.1) is 5.92 Å². The minimum atomic E-state index is 0.571. The van der Waals surface area contributed by atoms with Crippen LogP contribution in [-0.4, -0.2) is 13.2 Å². The Kier molecular flexibility index (Phi) is 5.33. The topological polar surface area (TPSA) is 21.3 Å². The lowest BCUT2D eigenvalue weighted by molar-refractivity contribution is 0.414. The molecule has 2 nitrogen and oxygen atoms in total. The Morgan fingerprint density at radius 2 is 1.75 bits per heavy atom. The molecule has 0 radical (unpaired) electrons. The lowest BCUT2D eigenvalue weighted by Gasteiger charge is -2.16. The predicted molar refractivity (Wildman–Crippen MR) is 68.8 cm³/mol. The van der Waals surface area contributed by atoms with Crippen LogP contribution in [-0.2, 0) is 6.54 Å². The van der Waals surface area contributed by atoms with Crippen molar-refractivity contribution in [3.05, 3.63) is 29.8 Å². The lowest BCUT2D eigenvalue weighted by Crippen LogP contribution is -2.26. The maximum Gasteiger partial charge on any atom is 0.118 e. The zero-order chi connectivity index (χ0) is 12.0. The zero-order valence-electron chi connectivity index (χ0n) is 10.8. The molecule has 16 heavy (non-hydrogen) atoms. The molecule has 0 spiro atoms. The van der Waals surface area contributed by atoms with Crippen LogP contribution in [0.1, 0.15) is 32.8 Å². The van der Waals surface area contributed by atoms with Gasteiger partial charge in [-0.25, -0.2) is 0 Å². The molecule has 1 atom stereocenters. The van der Waals surface area contributed by atoms with Crippen LogP contribution in [0.2, 0.25) is 0 Å². The SMILES string of the molecule is COc1ccc(CNC(C)CC(C)C)cc1. The molecule has 0 aliphatic rings. The Morgan fingerprint density at radius 1 is 1.12 bits per heavy atom. The largest absolute Gasteiger partial charge is 0.497 e. The number of rotatable bonds is 6. The van der Waals surface area contributed by atoms with E-state index in [4.69, 9.17) is 4.74 Å². The Hall–Kier alpha value is -1.02. The van der Waals surface area contributed by atoms with Crippen LogP contribution < -0.4 is 10.1 Å². The van der Waals surface area contributed by atoms with Crippen molar-refractivity contribution in [1.82, 2.24) is 5.32 Å². The van der Waals surface area contributed by atoms with E-state index >= 15 is 0 Å². The maximum absolute atomic E-state index is 5.13. The van der Waals surface area contributed by atoms with E-state index in [-0.39, 0.29) is 0 Å². The average molecular weight is 221 g/mol. The highest BCUT2D eigenvalue weighted by Gasteiger charge is 2.04. The van der Waals surface area contributed by atoms with Gasteiger partial charge < -0.3 is 10.1 Å². The Labute approximate surface area is 99.0 Å². The Balaban J connectivity index is 2.36. The summed E-state index contributed by atoms with van der Waals surface area (Å²) in [4.78, 5) is 0. The molecule has 90 valence electrons. The summed E-state index contributed by atoms with van der Waals surface area (Å²) in [5, 5.41) is 3.53. The summed E-state index contributed by atoms with van der Waals surface area (Å²) in [5.41, 5.74) is 1.30. The Morgan fingerprint density at radius 3 is 2.25 bits per heavy atom. The molecule has 0 saturated heterocycles. The van der Waals surface area contributed by atoms with E-state index in [0.717, 1.165) is 18.2 Å². The molecule has 1 aromatic rings. The van der Waals surface area contributed by atoms with Crippen LogP contribution >= 0.6 is 0 Å². The molecule has 1 rings (SSSR count). The monoisotopic (exact) mass is 221 g/mol.